The van der Waals surface area contributed by atoms with Gasteiger partial charge in [-0.1, -0.05) is 48.5 Å². The van der Waals surface area contributed by atoms with Crippen molar-refractivity contribution in [2.45, 2.75) is 23.7 Å². The first kappa shape index (κ1) is 11.9. The number of benzene rings is 2. The fraction of sp³-hybridized carbons (Fsp3) is 0.294. The lowest BCUT2D eigenvalue weighted by atomic mass is 9.96. The predicted molar refractivity (Wildman–Crippen MR) is 79.1 cm³/mol. The molecule has 0 bridgehead atoms. The molecule has 1 fully saturated rings. The van der Waals surface area contributed by atoms with Crippen molar-refractivity contribution in [3.8, 4) is 0 Å². The van der Waals surface area contributed by atoms with Crippen molar-refractivity contribution in [3.63, 3.8) is 0 Å². The van der Waals surface area contributed by atoms with Crippen LogP contribution >= 0.6 is 11.8 Å². The number of thioether (sulfide) groups is 1. The zero-order valence-electron chi connectivity index (χ0n) is 10.5. The van der Waals surface area contributed by atoms with Gasteiger partial charge < -0.3 is 0 Å². The summed E-state index contributed by atoms with van der Waals surface area (Å²) in [5.74, 6) is 2.86. The third kappa shape index (κ3) is 2.97. The molecular weight excluding hydrogens is 236 g/mol. The van der Waals surface area contributed by atoms with Gasteiger partial charge in [-0.25, -0.2) is 0 Å². The Labute approximate surface area is 113 Å². The van der Waals surface area contributed by atoms with Crippen molar-refractivity contribution in [1.82, 2.24) is 0 Å². The molecule has 1 heteroatoms. The fourth-order valence-corrected chi connectivity index (χ4v) is 3.59. The molecular formula is C17H18S. The van der Waals surface area contributed by atoms with Crippen LogP contribution in [0, 0.1) is 5.92 Å². The first-order valence-electron chi connectivity index (χ1n) is 6.66. The van der Waals surface area contributed by atoms with E-state index < -0.39 is 0 Å². The quantitative estimate of drug-likeness (QED) is 0.679. The highest BCUT2D eigenvalue weighted by Gasteiger charge is 2.31. The van der Waals surface area contributed by atoms with Crippen molar-refractivity contribution in [1.29, 1.82) is 0 Å². The minimum atomic E-state index is 0.733. The highest BCUT2D eigenvalue weighted by Crippen LogP contribution is 2.44. The summed E-state index contributed by atoms with van der Waals surface area (Å²) < 4.78 is 0. The van der Waals surface area contributed by atoms with Crippen LogP contribution in [0.4, 0.5) is 0 Å². The summed E-state index contributed by atoms with van der Waals surface area (Å²) in [5.41, 5.74) is 1.52. The monoisotopic (exact) mass is 254 g/mol. The molecule has 0 spiro atoms. The Kier molecular flexibility index (Phi) is 3.70. The molecule has 0 aromatic heterocycles. The van der Waals surface area contributed by atoms with Gasteiger partial charge in [0.05, 0.1) is 0 Å². The van der Waals surface area contributed by atoms with Crippen molar-refractivity contribution in [2.24, 2.45) is 5.92 Å². The molecule has 1 atom stereocenters. The van der Waals surface area contributed by atoms with Gasteiger partial charge in [0.1, 0.15) is 0 Å². The summed E-state index contributed by atoms with van der Waals surface area (Å²) in [6.45, 7) is 0. The summed E-state index contributed by atoms with van der Waals surface area (Å²) in [7, 11) is 0. The molecule has 2 aromatic rings. The highest BCUT2D eigenvalue weighted by atomic mass is 32.2. The Balaban J connectivity index is 1.68. The van der Waals surface area contributed by atoms with Gasteiger partial charge in [0.25, 0.3) is 0 Å². The van der Waals surface area contributed by atoms with Crippen LogP contribution in [0.5, 0.6) is 0 Å². The lowest BCUT2D eigenvalue weighted by molar-refractivity contribution is 0.674. The van der Waals surface area contributed by atoms with E-state index in [9.17, 15) is 0 Å². The molecule has 3 rings (SSSR count). The van der Waals surface area contributed by atoms with E-state index in [2.05, 4.69) is 60.7 Å². The lowest BCUT2D eigenvalue weighted by Gasteiger charge is -2.16. The molecule has 0 N–H and O–H groups in total. The second-order valence-corrected chi connectivity index (χ2v) is 6.07. The van der Waals surface area contributed by atoms with Crippen LogP contribution in [0.3, 0.4) is 0 Å². The van der Waals surface area contributed by atoms with E-state index in [1.165, 1.54) is 29.1 Å². The average Bonchev–Trinajstić information content (AvgIpc) is 3.26. The van der Waals surface area contributed by atoms with Crippen LogP contribution in [-0.4, -0.2) is 5.75 Å². The van der Waals surface area contributed by atoms with E-state index in [1.54, 1.807) is 0 Å². The van der Waals surface area contributed by atoms with Gasteiger partial charge in [-0.15, -0.1) is 11.8 Å². The minimum absolute atomic E-state index is 0.733. The molecule has 2 aromatic carbocycles. The van der Waals surface area contributed by atoms with Gasteiger partial charge in [0, 0.05) is 10.6 Å². The van der Waals surface area contributed by atoms with Crippen LogP contribution in [0.2, 0.25) is 0 Å². The van der Waals surface area contributed by atoms with Gasteiger partial charge in [-0.2, -0.15) is 0 Å². The third-order valence-electron chi connectivity index (χ3n) is 3.59. The Hall–Kier alpha value is -1.21. The molecule has 92 valence electrons. The van der Waals surface area contributed by atoms with Crippen LogP contribution in [-0.2, 0) is 0 Å². The van der Waals surface area contributed by atoms with Gasteiger partial charge >= 0.3 is 0 Å². The zero-order valence-corrected chi connectivity index (χ0v) is 11.3. The fourth-order valence-electron chi connectivity index (χ4n) is 2.41. The average molecular weight is 254 g/mol. The van der Waals surface area contributed by atoms with E-state index in [1.807, 2.05) is 11.8 Å². The van der Waals surface area contributed by atoms with E-state index >= 15 is 0 Å². The molecule has 1 aliphatic rings. The summed E-state index contributed by atoms with van der Waals surface area (Å²) in [6.07, 6.45) is 2.82. The SMILES string of the molecule is c1ccc(SCC(c2ccccc2)C2CC2)cc1. The molecule has 0 amide bonds. The van der Waals surface area contributed by atoms with Crippen LogP contribution in [0.15, 0.2) is 65.6 Å². The molecule has 1 saturated carbocycles. The second kappa shape index (κ2) is 5.62. The maximum absolute atomic E-state index is 2.29. The van der Waals surface area contributed by atoms with Gasteiger partial charge in [-0.05, 0) is 42.4 Å². The summed E-state index contributed by atoms with van der Waals surface area (Å²) in [4.78, 5) is 1.39. The number of hydrogen-bond acceptors (Lipinski definition) is 1. The summed E-state index contributed by atoms with van der Waals surface area (Å²) in [6, 6.07) is 21.8. The van der Waals surface area contributed by atoms with Crippen molar-refractivity contribution in [2.75, 3.05) is 5.75 Å². The molecule has 0 saturated heterocycles. The molecule has 1 unspecified atom stereocenters. The first-order valence-corrected chi connectivity index (χ1v) is 7.65. The van der Waals surface area contributed by atoms with E-state index in [0.29, 0.717) is 0 Å². The lowest BCUT2D eigenvalue weighted by Crippen LogP contribution is -2.04. The Morgan fingerprint density at radius 2 is 1.50 bits per heavy atom. The van der Waals surface area contributed by atoms with Crippen LogP contribution in [0.25, 0.3) is 0 Å². The summed E-state index contributed by atoms with van der Waals surface area (Å²) in [5, 5.41) is 0. The van der Waals surface area contributed by atoms with E-state index in [-0.39, 0.29) is 0 Å². The Morgan fingerprint density at radius 3 is 2.11 bits per heavy atom. The topological polar surface area (TPSA) is 0 Å². The molecule has 0 radical (unpaired) electrons. The van der Waals surface area contributed by atoms with Crippen LogP contribution < -0.4 is 0 Å². The molecule has 1 aliphatic carbocycles. The van der Waals surface area contributed by atoms with Gasteiger partial charge in [0.15, 0.2) is 0 Å². The zero-order chi connectivity index (χ0) is 12.2. The molecule has 0 heterocycles. The van der Waals surface area contributed by atoms with Crippen molar-refractivity contribution < 1.29 is 0 Å². The Bertz CT molecular complexity index is 473. The minimum Gasteiger partial charge on any atom is -0.126 e. The number of rotatable bonds is 5. The largest absolute Gasteiger partial charge is 0.126 e. The first-order chi connectivity index (χ1) is 8.93. The van der Waals surface area contributed by atoms with Crippen molar-refractivity contribution >= 4 is 11.8 Å². The maximum Gasteiger partial charge on any atom is 0.00721 e. The Morgan fingerprint density at radius 1 is 0.889 bits per heavy atom. The molecule has 18 heavy (non-hydrogen) atoms. The van der Waals surface area contributed by atoms with Gasteiger partial charge in [-0.3, -0.25) is 0 Å². The summed E-state index contributed by atoms with van der Waals surface area (Å²) >= 11 is 1.99. The molecule has 0 aliphatic heterocycles. The smallest absolute Gasteiger partial charge is 0.00721 e. The van der Waals surface area contributed by atoms with Crippen LogP contribution in [0.1, 0.15) is 24.3 Å². The molecule has 0 nitrogen and oxygen atoms in total. The van der Waals surface area contributed by atoms with E-state index in [0.717, 1.165) is 11.8 Å². The van der Waals surface area contributed by atoms with E-state index in [4.69, 9.17) is 0 Å². The second-order valence-electron chi connectivity index (χ2n) is 4.98. The maximum atomic E-state index is 2.29. The number of hydrogen-bond donors (Lipinski definition) is 0. The predicted octanol–water partition coefficient (Wildman–Crippen LogP) is 4.97. The standard InChI is InChI=1S/C17H18S/c1-3-7-14(8-4-1)17(15-11-12-15)13-18-16-9-5-2-6-10-16/h1-10,15,17H,11-13H2. The van der Waals surface area contributed by atoms with Crippen molar-refractivity contribution in [3.05, 3.63) is 66.2 Å². The van der Waals surface area contributed by atoms with Gasteiger partial charge in [0.2, 0.25) is 0 Å². The normalized spacial score (nSPS) is 16.4. The third-order valence-corrected chi connectivity index (χ3v) is 4.72. The highest BCUT2D eigenvalue weighted by molar-refractivity contribution is 7.99.